The summed E-state index contributed by atoms with van der Waals surface area (Å²) >= 11 is 0. The minimum Gasteiger partial charge on any atom is -0.481 e. The number of hydrogen-bond acceptors (Lipinski definition) is 4. The number of hydrogen-bond donors (Lipinski definition) is 1. The first kappa shape index (κ1) is 13.8. The van der Waals surface area contributed by atoms with E-state index in [1.165, 1.54) is 0 Å². The maximum atomic E-state index is 11.1. The molecule has 18 heavy (non-hydrogen) atoms. The SMILES string of the molecule is CCOC1CC(CC(=O)O)(N2CCN(C)CC2)C1. The Bertz CT molecular complexity index is 295. The average molecular weight is 256 g/mol. The highest BCUT2D eigenvalue weighted by Crippen LogP contribution is 2.42. The number of ether oxygens (including phenoxy) is 1. The number of nitrogens with zero attached hydrogens (tertiary/aromatic N) is 2. The van der Waals surface area contributed by atoms with Crippen LogP contribution in [-0.4, -0.2) is 72.4 Å². The van der Waals surface area contributed by atoms with E-state index >= 15 is 0 Å². The lowest BCUT2D eigenvalue weighted by Crippen LogP contribution is -2.64. The van der Waals surface area contributed by atoms with Crippen molar-refractivity contribution >= 4 is 5.97 Å². The molecule has 1 N–H and O–H groups in total. The van der Waals surface area contributed by atoms with Crippen LogP contribution in [0.25, 0.3) is 0 Å². The summed E-state index contributed by atoms with van der Waals surface area (Å²) in [5.74, 6) is -0.691. The van der Waals surface area contributed by atoms with Gasteiger partial charge in [0.05, 0.1) is 12.5 Å². The van der Waals surface area contributed by atoms with Crippen LogP contribution in [0.4, 0.5) is 0 Å². The number of carboxylic acid groups (broad SMARTS) is 1. The third-order valence-corrected chi connectivity index (χ3v) is 4.27. The molecule has 0 bridgehead atoms. The Morgan fingerprint density at radius 3 is 2.44 bits per heavy atom. The van der Waals surface area contributed by atoms with Crippen LogP contribution in [-0.2, 0) is 9.53 Å². The summed E-state index contributed by atoms with van der Waals surface area (Å²) < 4.78 is 5.60. The first-order chi connectivity index (χ1) is 8.55. The van der Waals surface area contributed by atoms with Gasteiger partial charge >= 0.3 is 5.97 Å². The van der Waals surface area contributed by atoms with E-state index in [4.69, 9.17) is 9.84 Å². The fourth-order valence-electron chi connectivity index (χ4n) is 3.22. The summed E-state index contributed by atoms with van der Waals surface area (Å²) in [6.07, 6.45) is 2.25. The number of carbonyl (C=O) groups is 1. The molecular weight excluding hydrogens is 232 g/mol. The molecule has 1 aliphatic heterocycles. The van der Waals surface area contributed by atoms with Crippen molar-refractivity contribution in [1.82, 2.24) is 9.80 Å². The quantitative estimate of drug-likeness (QED) is 0.782. The van der Waals surface area contributed by atoms with Crippen molar-refractivity contribution in [1.29, 1.82) is 0 Å². The molecule has 1 saturated carbocycles. The lowest BCUT2D eigenvalue weighted by atomic mass is 9.70. The normalized spacial score (nSPS) is 34.2. The minimum absolute atomic E-state index is 0.146. The third kappa shape index (κ3) is 2.84. The van der Waals surface area contributed by atoms with Crippen LogP contribution in [0, 0.1) is 0 Å². The number of aliphatic carboxylic acids is 1. The Balaban J connectivity index is 1.96. The summed E-state index contributed by atoms with van der Waals surface area (Å²) in [6.45, 7) is 6.72. The van der Waals surface area contributed by atoms with E-state index in [1.807, 2.05) is 6.92 Å². The van der Waals surface area contributed by atoms with Gasteiger partial charge in [-0.05, 0) is 26.8 Å². The minimum atomic E-state index is -0.691. The standard InChI is InChI=1S/C13H24N2O3/c1-3-18-11-8-13(9-11,10-12(16)17)15-6-4-14(2)5-7-15/h11H,3-10H2,1-2H3,(H,16,17). The van der Waals surface area contributed by atoms with Gasteiger partial charge in [-0.1, -0.05) is 0 Å². The largest absolute Gasteiger partial charge is 0.481 e. The van der Waals surface area contributed by atoms with Crippen molar-refractivity contribution in [2.24, 2.45) is 0 Å². The summed E-state index contributed by atoms with van der Waals surface area (Å²) in [4.78, 5) is 15.8. The molecule has 5 heteroatoms. The molecule has 0 unspecified atom stereocenters. The summed E-state index contributed by atoms with van der Waals surface area (Å²) in [5.41, 5.74) is -0.146. The van der Waals surface area contributed by atoms with Crippen molar-refractivity contribution in [2.45, 2.75) is 37.8 Å². The topological polar surface area (TPSA) is 53.0 Å². The zero-order valence-corrected chi connectivity index (χ0v) is 11.4. The first-order valence-electron chi connectivity index (χ1n) is 6.83. The van der Waals surface area contributed by atoms with E-state index in [0.29, 0.717) is 0 Å². The van der Waals surface area contributed by atoms with Crippen molar-refractivity contribution < 1.29 is 14.6 Å². The van der Waals surface area contributed by atoms with Crippen molar-refractivity contribution in [3.05, 3.63) is 0 Å². The van der Waals surface area contributed by atoms with Gasteiger partial charge in [-0.2, -0.15) is 0 Å². The molecule has 0 amide bonds. The molecule has 2 rings (SSSR count). The van der Waals surface area contributed by atoms with Crippen molar-refractivity contribution in [3.8, 4) is 0 Å². The fraction of sp³-hybridized carbons (Fsp3) is 0.923. The summed E-state index contributed by atoms with van der Waals surface area (Å²) in [7, 11) is 2.12. The highest BCUT2D eigenvalue weighted by Gasteiger charge is 2.50. The number of carboxylic acids is 1. The molecule has 0 radical (unpaired) electrons. The van der Waals surface area contributed by atoms with Crippen LogP contribution in [0.2, 0.25) is 0 Å². The maximum Gasteiger partial charge on any atom is 0.305 e. The number of likely N-dealkylation sites (N-methyl/N-ethyl adjacent to an activating group) is 1. The predicted molar refractivity (Wildman–Crippen MR) is 68.7 cm³/mol. The van der Waals surface area contributed by atoms with E-state index in [-0.39, 0.29) is 18.1 Å². The molecule has 0 atom stereocenters. The second kappa shape index (κ2) is 5.55. The Labute approximate surface area is 109 Å². The molecular formula is C13H24N2O3. The van der Waals surface area contributed by atoms with Crippen molar-refractivity contribution in [2.75, 3.05) is 39.8 Å². The van der Waals surface area contributed by atoms with Gasteiger partial charge in [-0.3, -0.25) is 9.69 Å². The molecule has 1 saturated heterocycles. The molecule has 1 aliphatic carbocycles. The lowest BCUT2D eigenvalue weighted by molar-refractivity contribution is -0.153. The zero-order chi connectivity index (χ0) is 13.2. The summed E-state index contributed by atoms with van der Waals surface area (Å²) in [5, 5.41) is 9.13. The van der Waals surface area contributed by atoms with Crippen molar-refractivity contribution in [3.63, 3.8) is 0 Å². The number of piperazine rings is 1. The van der Waals surface area contributed by atoms with Crippen LogP contribution >= 0.6 is 0 Å². The molecule has 0 aromatic rings. The molecule has 0 aromatic heterocycles. The number of rotatable bonds is 5. The molecule has 2 fully saturated rings. The predicted octanol–water partition coefficient (Wildman–Crippen LogP) is 0.646. The van der Waals surface area contributed by atoms with Gasteiger partial charge in [-0.15, -0.1) is 0 Å². The lowest BCUT2D eigenvalue weighted by Gasteiger charge is -2.55. The Morgan fingerprint density at radius 1 is 1.33 bits per heavy atom. The monoisotopic (exact) mass is 256 g/mol. The van der Waals surface area contributed by atoms with Gasteiger partial charge in [0, 0.05) is 38.3 Å². The first-order valence-corrected chi connectivity index (χ1v) is 6.83. The van der Waals surface area contributed by atoms with Crippen LogP contribution in [0.1, 0.15) is 26.2 Å². The van der Waals surface area contributed by atoms with Crippen LogP contribution in [0.3, 0.4) is 0 Å². The van der Waals surface area contributed by atoms with Gasteiger partial charge < -0.3 is 14.7 Å². The Kier molecular flexibility index (Phi) is 4.25. The van der Waals surface area contributed by atoms with Crippen LogP contribution in [0.15, 0.2) is 0 Å². The maximum absolute atomic E-state index is 11.1. The third-order valence-electron chi connectivity index (χ3n) is 4.27. The Hall–Kier alpha value is -0.650. The van der Waals surface area contributed by atoms with E-state index in [0.717, 1.165) is 45.6 Å². The average Bonchev–Trinajstić information content (AvgIpc) is 2.26. The molecule has 0 aromatic carbocycles. The van der Waals surface area contributed by atoms with E-state index < -0.39 is 5.97 Å². The van der Waals surface area contributed by atoms with Gasteiger partial charge in [-0.25, -0.2) is 0 Å². The van der Waals surface area contributed by atoms with Gasteiger partial charge in [0.25, 0.3) is 0 Å². The molecule has 0 spiro atoms. The highest BCUT2D eigenvalue weighted by atomic mass is 16.5. The zero-order valence-electron chi connectivity index (χ0n) is 11.4. The van der Waals surface area contributed by atoms with Crippen LogP contribution in [0.5, 0.6) is 0 Å². The Morgan fingerprint density at radius 2 is 1.94 bits per heavy atom. The molecule has 2 aliphatic rings. The molecule has 1 heterocycles. The second-order valence-electron chi connectivity index (χ2n) is 5.57. The molecule has 5 nitrogen and oxygen atoms in total. The highest BCUT2D eigenvalue weighted by molar-refractivity contribution is 5.68. The van der Waals surface area contributed by atoms with Crippen LogP contribution < -0.4 is 0 Å². The van der Waals surface area contributed by atoms with E-state index in [2.05, 4.69) is 16.8 Å². The molecule has 104 valence electrons. The van der Waals surface area contributed by atoms with E-state index in [9.17, 15) is 4.79 Å². The fourth-order valence-corrected chi connectivity index (χ4v) is 3.22. The smallest absolute Gasteiger partial charge is 0.305 e. The van der Waals surface area contributed by atoms with E-state index in [1.54, 1.807) is 0 Å². The van der Waals surface area contributed by atoms with Gasteiger partial charge in [0.2, 0.25) is 0 Å². The van der Waals surface area contributed by atoms with Gasteiger partial charge in [0.1, 0.15) is 0 Å². The second-order valence-corrected chi connectivity index (χ2v) is 5.57. The summed E-state index contributed by atoms with van der Waals surface area (Å²) in [6, 6.07) is 0. The van der Waals surface area contributed by atoms with Gasteiger partial charge in [0.15, 0.2) is 0 Å².